The summed E-state index contributed by atoms with van der Waals surface area (Å²) in [5.41, 5.74) is 0. The van der Waals surface area contributed by atoms with E-state index in [2.05, 4.69) is 16.0 Å². The van der Waals surface area contributed by atoms with Crippen LogP contribution in [-0.2, 0) is 38.1 Å². The van der Waals surface area contributed by atoms with Gasteiger partial charge in [-0.1, -0.05) is 0 Å². The highest BCUT2D eigenvalue weighted by molar-refractivity contribution is 5.74. The van der Waals surface area contributed by atoms with Gasteiger partial charge in [0.25, 0.3) is 0 Å². The summed E-state index contributed by atoms with van der Waals surface area (Å²) >= 11 is 0. The summed E-state index contributed by atoms with van der Waals surface area (Å²) in [4.78, 5) is 35.2. The smallest absolute Gasteiger partial charge is 0.217 e. The molecule has 43 heavy (non-hydrogen) atoms. The highest BCUT2D eigenvalue weighted by Gasteiger charge is 2.52. The molecule has 0 aromatic rings. The molecule has 3 rings (SSSR count). The molecular weight excluding hydrogens is 586 g/mol. The van der Waals surface area contributed by atoms with E-state index in [0.717, 1.165) is 20.8 Å². The van der Waals surface area contributed by atoms with Crippen LogP contribution in [0.3, 0.4) is 0 Å². The Morgan fingerprint density at radius 1 is 0.605 bits per heavy atom. The Bertz CT molecular complexity index is 962. The third-order valence-electron chi connectivity index (χ3n) is 7.28. The number of aliphatic hydroxyl groups excluding tert-OH is 8. The molecule has 19 nitrogen and oxygen atoms in total. The van der Waals surface area contributed by atoms with E-state index in [9.17, 15) is 55.2 Å². The van der Waals surface area contributed by atoms with E-state index in [1.54, 1.807) is 0 Å². The van der Waals surface area contributed by atoms with Gasteiger partial charge in [0, 0.05) is 20.8 Å². The molecule has 15 atom stereocenters. The van der Waals surface area contributed by atoms with Gasteiger partial charge in [-0.05, 0) is 0 Å². The highest BCUT2D eigenvalue weighted by Crippen LogP contribution is 2.30. The van der Waals surface area contributed by atoms with E-state index in [-0.39, 0.29) is 0 Å². The van der Waals surface area contributed by atoms with Crippen molar-refractivity contribution in [1.29, 1.82) is 0 Å². The Hall–Kier alpha value is -2.11. The molecule has 3 fully saturated rings. The third-order valence-corrected chi connectivity index (χ3v) is 7.28. The van der Waals surface area contributed by atoms with Crippen molar-refractivity contribution in [2.75, 3.05) is 19.8 Å². The molecule has 3 heterocycles. The van der Waals surface area contributed by atoms with Crippen molar-refractivity contribution in [2.24, 2.45) is 0 Å². The van der Waals surface area contributed by atoms with Gasteiger partial charge < -0.3 is 80.5 Å². The Labute approximate surface area is 245 Å². The Morgan fingerprint density at radius 3 is 1.58 bits per heavy atom. The van der Waals surface area contributed by atoms with E-state index in [4.69, 9.17) is 23.7 Å². The fourth-order valence-electron chi connectivity index (χ4n) is 5.17. The molecular formula is C24H41N3O16. The predicted octanol–water partition coefficient (Wildman–Crippen LogP) is -7.14. The van der Waals surface area contributed by atoms with Crippen molar-refractivity contribution in [3.8, 4) is 0 Å². The molecule has 3 aliphatic rings. The second-order valence-corrected chi connectivity index (χ2v) is 10.6. The maximum absolute atomic E-state index is 11.9. The molecule has 11 N–H and O–H groups in total. The molecule has 0 aliphatic carbocycles. The standard InChI is InChI=1S/C24H41N3O16/c1-7(30)25-13-20(37)21(11(5-29)40-22(13)38)43-24-15(27-9(3)32)19(36)17(34)12(42-24)6-39-23-14(26-8(2)31)18(35)16(33)10(4-28)41-23/h10-24,28-29,33-38H,4-6H2,1-3H3,(H,25,30)(H,26,31)(H,27,32)/t10-,11-,12-,13-,14-,15-,16-,17+,18-,19-,20-,21-,22-,23-,24+/m1/s1. The predicted molar refractivity (Wildman–Crippen MR) is 136 cm³/mol. The summed E-state index contributed by atoms with van der Waals surface area (Å²) in [7, 11) is 0. The average molecular weight is 628 g/mol. The number of carbonyl (C=O) groups excluding carboxylic acids is 3. The molecule has 0 bridgehead atoms. The van der Waals surface area contributed by atoms with E-state index in [0.29, 0.717) is 0 Å². The van der Waals surface area contributed by atoms with E-state index in [1.807, 2.05) is 0 Å². The van der Waals surface area contributed by atoms with Gasteiger partial charge in [-0.15, -0.1) is 0 Å². The SMILES string of the molecule is CC(=O)N[C@@H]1[C@@H](O)[C@H](O[C@@H]2O[C@H](CO[C@@H]3O[C@H](CO)[C@@H](O)[C@H](O)[C@H]3NC(C)=O)[C@H](O)[C@H](O)[C@H]2NC(C)=O)[C@@H](CO)O[C@H]1O. The van der Waals surface area contributed by atoms with Crippen molar-refractivity contribution < 1.29 is 78.9 Å². The molecule has 0 spiro atoms. The number of aliphatic hydroxyl groups is 8. The first-order chi connectivity index (χ1) is 20.2. The van der Waals surface area contributed by atoms with Crippen LogP contribution in [0, 0.1) is 0 Å². The first kappa shape index (κ1) is 35.4. The minimum atomic E-state index is -1.77. The minimum absolute atomic E-state index is 0.604. The van der Waals surface area contributed by atoms with Crippen LogP contribution in [0.2, 0.25) is 0 Å². The number of rotatable bonds is 10. The summed E-state index contributed by atoms with van der Waals surface area (Å²) < 4.78 is 28.1. The van der Waals surface area contributed by atoms with Crippen LogP contribution in [0.5, 0.6) is 0 Å². The molecule has 0 radical (unpaired) electrons. The lowest BCUT2D eigenvalue weighted by Gasteiger charge is -2.48. The maximum atomic E-state index is 11.9. The molecule has 19 heteroatoms. The van der Waals surface area contributed by atoms with E-state index < -0.39 is 129 Å². The summed E-state index contributed by atoms with van der Waals surface area (Å²) in [6.45, 7) is 1.29. The van der Waals surface area contributed by atoms with Crippen LogP contribution >= 0.6 is 0 Å². The van der Waals surface area contributed by atoms with Gasteiger partial charge in [0.2, 0.25) is 17.7 Å². The van der Waals surface area contributed by atoms with Crippen molar-refractivity contribution in [1.82, 2.24) is 16.0 Å². The van der Waals surface area contributed by atoms with Crippen LogP contribution in [0.4, 0.5) is 0 Å². The van der Waals surface area contributed by atoms with Gasteiger partial charge in [-0.3, -0.25) is 14.4 Å². The number of carbonyl (C=O) groups is 3. The van der Waals surface area contributed by atoms with Gasteiger partial charge in [0.15, 0.2) is 18.9 Å². The van der Waals surface area contributed by atoms with Crippen LogP contribution in [0.25, 0.3) is 0 Å². The van der Waals surface area contributed by atoms with Gasteiger partial charge in [-0.25, -0.2) is 0 Å². The van der Waals surface area contributed by atoms with Crippen LogP contribution in [-0.4, -0.2) is 170 Å². The Kier molecular flexibility index (Phi) is 12.5. The van der Waals surface area contributed by atoms with Gasteiger partial charge >= 0.3 is 0 Å². The lowest BCUT2D eigenvalue weighted by molar-refractivity contribution is -0.335. The second-order valence-electron chi connectivity index (χ2n) is 10.6. The zero-order chi connectivity index (χ0) is 32.2. The number of hydrogen-bond acceptors (Lipinski definition) is 16. The number of ether oxygens (including phenoxy) is 5. The molecule has 0 aromatic heterocycles. The average Bonchev–Trinajstić information content (AvgIpc) is 2.93. The molecule has 3 amide bonds. The number of amides is 3. The summed E-state index contributed by atoms with van der Waals surface area (Å²) in [5.74, 6) is -1.90. The number of nitrogens with one attached hydrogen (secondary N) is 3. The quantitative estimate of drug-likeness (QED) is 0.107. The molecule has 3 aliphatic heterocycles. The van der Waals surface area contributed by atoms with Crippen LogP contribution in [0.15, 0.2) is 0 Å². The maximum Gasteiger partial charge on any atom is 0.217 e. The first-order valence-electron chi connectivity index (χ1n) is 13.5. The molecule has 3 saturated heterocycles. The second kappa shape index (κ2) is 15.3. The Balaban J connectivity index is 1.83. The van der Waals surface area contributed by atoms with E-state index >= 15 is 0 Å². The molecule has 0 saturated carbocycles. The van der Waals surface area contributed by atoms with Crippen molar-refractivity contribution in [2.45, 2.75) is 113 Å². The lowest BCUT2D eigenvalue weighted by atomic mass is 9.94. The highest BCUT2D eigenvalue weighted by atomic mass is 16.7. The topological polar surface area (TPSA) is 295 Å². The van der Waals surface area contributed by atoms with Crippen molar-refractivity contribution in [3.05, 3.63) is 0 Å². The zero-order valence-electron chi connectivity index (χ0n) is 23.6. The molecule has 0 unspecified atom stereocenters. The fourth-order valence-corrected chi connectivity index (χ4v) is 5.17. The van der Waals surface area contributed by atoms with Crippen molar-refractivity contribution >= 4 is 17.7 Å². The summed E-state index contributed by atoms with van der Waals surface area (Å²) in [6.07, 6.45) is -18.9. The Morgan fingerprint density at radius 2 is 1.07 bits per heavy atom. The minimum Gasteiger partial charge on any atom is -0.394 e. The zero-order valence-corrected chi connectivity index (χ0v) is 23.6. The van der Waals surface area contributed by atoms with Gasteiger partial charge in [0.1, 0.15) is 73.1 Å². The normalized spacial score (nSPS) is 43.5. The largest absolute Gasteiger partial charge is 0.394 e. The van der Waals surface area contributed by atoms with Crippen LogP contribution in [0.1, 0.15) is 20.8 Å². The monoisotopic (exact) mass is 627 g/mol. The summed E-state index contributed by atoms with van der Waals surface area (Å²) in [6, 6.07) is -4.18. The van der Waals surface area contributed by atoms with Crippen LogP contribution < -0.4 is 16.0 Å². The van der Waals surface area contributed by atoms with Gasteiger partial charge in [0.05, 0.1) is 19.8 Å². The van der Waals surface area contributed by atoms with Crippen molar-refractivity contribution in [3.63, 3.8) is 0 Å². The summed E-state index contributed by atoms with van der Waals surface area (Å²) in [5, 5.41) is 89.9. The molecule has 248 valence electrons. The molecule has 0 aromatic carbocycles. The van der Waals surface area contributed by atoms with Gasteiger partial charge in [-0.2, -0.15) is 0 Å². The third kappa shape index (κ3) is 8.34. The lowest BCUT2D eigenvalue weighted by Crippen LogP contribution is -2.69. The first-order valence-corrected chi connectivity index (χ1v) is 13.5. The number of hydrogen-bond donors (Lipinski definition) is 11. The van der Waals surface area contributed by atoms with E-state index in [1.165, 1.54) is 0 Å². The fraction of sp³-hybridized carbons (Fsp3) is 0.875.